The first-order chi connectivity index (χ1) is 8.75. The number of aryl methyl sites for hydroxylation is 1. The van der Waals surface area contributed by atoms with Crippen molar-refractivity contribution in [2.75, 3.05) is 44.7 Å². The fraction of sp³-hybridized carbons (Fsp3) is 0.667. The van der Waals surface area contributed by atoms with Gasteiger partial charge in [0.05, 0.1) is 13.2 Å². The van der Waals surface area contributed by atoms with Crippen LogP contribution < -0.4 is 11.0 Å². The first kappa shape index (κ1) is 13.0. The van der Waals surface area contributed by atoms with Gasteiger partial charge in [0.1, 0.15) is 5.82 Å². The molecule has 100 valence electrons. The zero-order valence-electron chi connectivity index (χ0n) is 10.7. The van der Waals surface area contributed by atoms with Crippen LogP contribution in [0.5, 0.6) is 0 Å². The standard InChI is InChI=1S/C12H20N4O2/c1-10-9-14-12(17)15-11(10)13-3-2-4-16-5-7-18-8-6-16/h9H,2-8H2,1H3,(H2,13,14,15,17). The lowest BCUT2D eigenvalue weighted by Gasteiger charge is -2.26. The second-order valence-electron chi connectivity index (χ2n) is 4.48. The number of nitrogens with one attached hydrogen (secondary N) is 2. The van der Waals surface area contributed by atoms with Crippen LogP contribution in [0.4, 0.5) is 5.82 Å². The lowest BCUT2D eigenvalue weighted by molar-refractivity contribution is 0.0378. The number of aromatic nitrogens is 2. The zero-order valence-corrected chi connectivity index (χ0v) is 10.7. The molecule has 6 heteroatoms. The van der Waals surface area contributed by atoms with Gasteiger partial charge >= 0.3 is 5.69 Å². The lowest BCUT2D eigenvalue weighted by atomic mass is 10.3. The monoisotopic (exact) mass is 252 g/mol. The molecule has 2 rings (SSSR count). The summed E-state index contributed by atoms with van der Waals surface area (Å²) in [4.78, 5) is 19.9. The van der Waals surface area contributed by atoms with Crippen LogP contribution in [0.25, 0.3) is 0 Å². The number of rotatable bonds is 5. The first-order valence-electron chi connectivity index (χ1n) is 6.35. The number of anilines is 1. The molecule has 6 nitrogen and oxygen atoms in total. The van der Waals surface area contributed by atoms with Gasteiger partial charge in [-0.05, 0) is 19.9 Å². The van der Waals surface area contributed by atoms with Crippen molar-refractivity contribution in [1.82, 2.24) is 14.9 Å². The third kappa shape index (κ3) is 3.82. The highest BCUT2D eigenvalue weighted by atomic mass is 16.5. The minimum atomic E-state index is -0.309. The molecular formula is C12H20N4O2. The molecule has 1 aliphatic rings. The molecule has 0 radical (unpaired) electrons. The van der Waals surface area contributed by atoms with Crippen LogP contribution in [-0.2, 0) is 4.74 Å². The second kappa shape index (κ2) is 6.51. The third-order valence-electron chi connectivity index (χ3n) is 3.06. The number of nitrogens with zero attached hydrogens (tertiary/aromatic N) is 2. The van der Waals surface area contributed by atoms with Gasteiger partial charge in [0.2, 0.25) is 0 Å². The Labute approximate surface area is 106 Å². The molecule has 2 N–H and O–H groups in total. The quantitative estimate of drug-likeness (QED) is 0.733. The summed E-state index contributed by atoms with van der Waals surface area (Å²) < 4.78 is 5.30. The maximum atomic E-state index is 11.1. The minimum absolute atomic E-state index is 0.309. The van der Waals surface area contributed by atoms with Gasteiger partial charge in [-0.25, -0.2) is 9.78 Å². The van der Waals surface area contributed by atoms with E-state index in [0.29, 0.717) is 0 Å². The Hall–Kier alpha value is -1.40. The van der Waals surface area contributed by atoms with E-state index in [-0.39, 0.29) is 5.69 Å². The van der Waals surface area contributed by atoms with Crippen LogP contribution in [0.15, 0.2) is 11.0 Å². The van der Waals surface area contributed by atoms with Crippen molar-refractivity contribution in [3.05, 3.63) is 22.2 Å². The van der Waals surface area contributed by atoms with E-state index >= 15 is 0 Å². The Bertz CT molecular complexity index is 426. The Kier molecular flexibility index (Phi) is 4.72. The first-order valence-corrected chi connectivity index (χ1v) is 6.35. The second-order valence-corrected chi connectivity index (χ2v) is 4.48. The average molecular weight is 252 g/mol. The minimum Gasteiger partial charge on any atom is -0.379 e. The number of morpholine rings is 1. The van der Waals surface area contributed by atoms with Crippen molar-refractivity contribution in [2.24, 2.45) is 0 Å². The molecule has 0 aliphatic carbocycles. The molecule has 2 heterocycles. The molecule has 1 aromatic rings. The molecule has 0 saturated carbocycles. The maximum absolute atomic E-state index is 11.1. The van der Waals surface area contributed by atoms with Gasteiger partial charge in [0.25, 0.3) is 0 Å². The summed E-state index contributed by atoms with van der Waals surface area (Å²) in [6.45, 7) is 7.54. The van der Waals surface area contributed by atoms with Crippen molar-refractivity contribution >= 4 is 5.82 Å². The summed E-state index contributed by atoms with van der Waals surface area (Å²) in [5.41, 5.74) is 0.650. The van der Waals surface area contributed by atoms with Gasteiger partial charge in [-0.1, -0.05) is 0 Å². The molecule has 0 bridgehead atoms. The van der Waals surface area contributed by atoms with Gasteiger partial charge < -0.3 is 10.1 Å². The number of H-pyrrole nitrogens is 1. The molecule has 0 unspecified atom stereocenters. The predicted octanol–water partition coefficient (Wildman–Crippen LogP) is 0.213. The molecule has 1 fully saturated rings. The molecule has 1 aromatic heterocycles. The summed E-state index contributed by atoms with van der Waals surface area (Å²) in [7, 11) is 0. The molecule has 0 spiro atoms. The van der Waals surface area contributed by atoms with Crippen molar-refractivity contribution < 1.29 is 4.74 Å². The van der Waals surface area contributed by atoms with E-state index in [9.17, 15) is 4.79 Å². The fourth-order valence-electron chi connectivity index (χ4n) is 1.98. The Morgan fingerprint density at radius 2 is 2.28 bits per heavy atom. The van der Waals surface area contributed by atoms with Crippen molar-refractivity contribution in [2.45, 2.75) is 13.3 Å². The SMILES string of the molecule is Cc1cnc(=O)[nH]c1NCCCN1CCOCC1. The third-order valence-corrected chi connectivity index (χ3v) is 3.06. The van der Waals surface area contributed by atoms with E-state index in [0.717, 1.165) is 57.2 Å². The van der Waals surface area contributed by atoms with E-state index in [1.165, 1.54) is 0 Å². The van der Waals surface area contributed by atoms with Gasteiger partial charge in [-0.3, -0.25) is 9.88 Å². The van der Waals surface area contributed by atoms with Gasteiger partial charge in [0.15, 0.2) is 0 Å². The molecule has 1 aliphatic heterocycles. The Morgan fingerprint density at radius 1 is 1.50 bits per heavy atom. The molecule has 0 amide bonds. The van der Waals surface area contributed by atoms with E-state index in [2.05, 4.69) is 20.2 Å². The molecule has 0 aromatic carbocycles. The van der Waals surface area contributed by atoms with E-state index in [1.54, 1.807) is 6.20 Å². The summed E-state index contributed by atoms with van der Waals surface area (Å²) in [5.74, 6) is 0.775. The van der Waals surface area contributed by atoms with Crippen LogP contribution in [-0.4, -0.2) is 54.3 Å². The highest BCUT2D eigenvalue weighted by molar-refractivity contribution is 5.40. The number of aromatic amines is 1. The summed E-state index contributed by atoms with van der Waals surface area (Å²) >= 11 is 0. The molecule has 1 saturated heterocycles. The average Bonchev–Trinajstić information content (AvgIpc) is 2.40. The largest absolute Gasteiger partial charge is 0.379 e. The van der Waals surface area contributed by atoms with E-state index in [1.807, 2.05) is 6.92 Å². The Balaban J connectivity index is 1.71. The molecule has 0 atom stereocenters. The number of hydrogen-bond acceptors (Lipinski definition) is 5. The van der Waals surface area contributed by atoms with E-state index in [4.69, 9.17) is 4.74 Å². The summed E-state index contributed by atoms with van der Waals surface area (Å²) in [6, 6.07) is 0. The number of ether oxygens (including phenoxy) is 1. The van der Waals surface area contributed by atoms with Crippen LogP contribution >= 0.6 is 0 Å². The van der Waals surface area contributed by atoms with Gasteiger partial charge in [-0.15, -0.1) is 0 Å². The van der Waals surface area contributed by atoms with E-state index < -0.39 is 0 Å². The van der Waals surface area contributed by atoms with Crippen molar-refractivity contribution in [3.63, 3.8) is 0 Å². The summed E-state index contributed by atoms with van der Waals surface area (Å²) in [5, 5.41) is 3.24. The van der Waals surface area contributed by atoms with Crippen LogP contribution in [0.3, 0.4) is 0 Å². The zero-order chi connectivity index (χ0) is 12.8. The number of hydrogen-bond donors (Lipinski definition) is 2. The van der Waals surface area contributed by atoms with Crippen LogP contribution in [0, 0.1) is 6.92 Å². The smallest absolute Gasteiger partial charge is 0.346 e. The highest BCUT2D eigenvalue weighted by Gasteiger charge is 2.09. The molecule has 18 heavy (non-hydrogen) atoms. The highest BCUT2D eigenvalue weighted by Crippen LogP contribution is 2.06. The predicted molar refractivity (Wildman–Crippen MR) is 70.0 cm³/mol. The van der Waals surface area contributed by atoms with Crippen LogP contribution in [0.2, 0.25) is 0 Å². The topological polar surface area (TPSA) is 70.2 Å². The maximum Gasteiger partial charge on any atom is 0.346 e. The fourth-order valence-corrected chi connectivity index (χ4v) is 1.98. The normalized spacial score (nSPS) is 16.7. The Morgan fingerprint density at radius 3 is 3.06 bits per heavy atom. The van der Waals surface area contributed by atoms with Crippen molar-refractivity contribution in [3.8, 4) is 0 Å². The molecular weight excluding hydrogens is 232 g/mol. The van der Waals surface area contributed by atoms with Crippen LogP contribution in [0.1, 0.15) is 12.0 Å². The van der Waals surface area contributed by atoms with Gasteiger partial charge in [-0.2, -0.15) is 0 Å². The van der Waals surface area contributed by atoms with Gasteiger partial charge in [0, 0.05) is 31.4 Å². The summed E-state index contributed by atoms with van der Waals surface area (Å²) in [6.07, 6.45) is 2.63. The van der Waals surface area contributed by atoms with Crippen molar-refractivity contribution in [1.29, 1.82) is 0 Å². The lowest BCUT2D eigenvalue weighted by Crippen LogP contribution is -2.37.